The van der Waals surface area contributed by atoms with Crippen molar-refractivity contribution in [3.8, 4) is 10.4 Å². The zero-order chi connectivity index (χ0) is 13.8. The van der Waals surface area contributed by atoms with Crippen molar-refractivity contribution in [2.45, 2.75) is 19.5 Å². The SMILES string of the molecule is CC(NCc1cc(-c2cccs2)cs1)C(=O)N(C)C. The van der Waals surface area contributed by atoms with Gasteiger partial charge in [-0.25, -0.2) is 0 Å². The first-order valence-electron chi connectivity index (χ1n) is 6.13. The fourth-order valence-electron chi connectivity index (χ4n) is 1.77. The molecule has 2 aromatic heterocycles. The van der Waals surface area contributed by atoms with Gasteiger partial charge in [0.15, 0.2) is 0 Å². The standard InChI is InChI=1S/C14H18N2OS2/c1-10(14(17)16(2)3)15-8-12-7-11(9-19-12)13-5-4-6-18-13/h4-7,9-10,15H,8H2,1-3H3. The van der Waals surface area contributed by atoms with Crippen molar-refractivity contribution >= 4 is 28.6 Å². The number of carbonyl (C=O) groups is 1. The van der Waals surface area contributed by atoms with Gasteiger partial charge in [0.25, 0.3) is 0 Å². The second kappa shape index (κ2) is 6.32. The Hall–Kier alpha value is -1.17. The Morgan fingerprint density at radius 1 is 1.42 bits per heavy atom. The molecule has 0 radical (unpaired) electrons. The highest BCUT2D eigenvalue weighted by atomic mass is 32.1. The lowest BCUT2D eigenvalue weighted by Crippen LogP contribution is -2.40. The molecule has 19 heavy (non-hydrogen) atoms. The number of carbonyl (C=O) groups excluding carboxylic acids is 1. The average Bonchev–Trinajstić information content (AvgIpc) is 3.04. The predicted octanol–water partition coefficient (Wildman–Crippen LogP) is 3.04. The lowest BCUT2D eigenvalue weighted by molar-refractivity contribution is -0.130. The highest BCUT2D eigenvalue weighted by Gasteiger charge is 2.14. The molecule has 0 aliphatic heterocycles. The molecular weight excluding hydrogens is 276 g/mol. The maximum atomic E-state index is 11.7. The van der Waals surface area contributed by atoms with E-state index in [0.717, 1.165) is 6.54 Å². The highest BCUT2D eigenvalue weighted by molar-refractivity contribution is 7.14. The lowest BCUT2D eigenvalue weighted by Gasteiger charge is -2.17. The van der Waals surface area contributed by atoms with Gasteiger partial charge in [0.1, 0.15) is 0 Å². The summed E-state index contributed by atoms with van der Waals surface area (Å²) in [5.41, 5.74) is 1.27. The van der Waals surface area contributed by atoms with Gasteiger partial charge in [0.05, 0.1) is 6.04 Å². The molecule has 0 saturated carbocycles. The van der Waals surface area contributed by atoms with Gasteiger partial charge < -0.3 is 10.2 Å². The number of likely N-dealkylation sites (N-methyl/N-ethyl adjacent to an activating group) is 1. The minimum Gasteiger partial charge on any atom is -0.347 e. The first-order chi connectivity index (χ1) is 9.08. The van der Waals surface area contributed by atoms with Crippen molar-refractivity contribution in [2.75, 3.05) is 14.1 Å². The van der Waals surface area contributed by atoms with E-state index in [0.29, 0.717) is 0 Å². The third kappa shape index (κ3) is 3.65. The summed E-state index contributed by atoms with van der Waals surface area (Å²) < 4.78 is 0. The number of hydrogen-bond donors (Lipinski definition) is 1. The molecule has 1 atom stereocenters. The average molecular weight is 294 g/mol. The number of amides is 1. The Kier molecular flexibility index (Phi) is 4.74. The van der Waals surface area contributed by atoms with Gasteiger partial charge in [-0.1, -0.05) is 6.07 Å². The Morgan fingerprint density at radius 3 is 2.84 bits per heavy atom. The van der Waals surface area contributed by atoms with E-state index in [1.165, 1.54) is 15.3 Å². The largest absolute Gasteiger partial charge is 0.347 e. The minimum absolute atomic E-state index is 0.107. The van der Waals surface area contributed by atoms with E-state index in [4.69, 9.17) is 0 Å². The van der Waals surface area contributed by atoms with Crippen molar-refractivity contribution in [3.63, 3.8) is 0 Å². The summed E-state index contributed by atoms with van der Waals surface area (Å²) in [7, 11) is 3.56. The molecule has 0 aromatic carbocycles. The molecule has 2 heterocycles. The molecule has 0 saturated heterocycles. The van der Waals surface area contributed by atoms with Crippen LogP contribution in [0.3, 0.4) is 0 Å². The first kappa shape index (κ1) is 14.2. The second-order valence-corrected chi connectivity index (χ2v) is 6.56. The van der Waals surface area contributed by atoms with Crippen molar-refractivity contribution in [2.24, 2.45) is 0 Å². The number of nitrogens with zero attached hydrogens (tertiary/aromatic N) is 1. The number of hydrogen-bond acceptors (Lipinski definition) is 4. The zero-order valence-electron chi connectivity index (χ0n) is 11.3. The van der Waals surface area contributed by atoms with Crippen LogP contribution >= 0.6 is 22.7 Å². The number of nitrogens with one attached hydrogen (secondary N) is 1. The van der Waals surface area contributed by atoms with Gasteiger partial charge in [-0.05, 0) is 29.8 Å². The Morgan fingerprint density at radius 2 is 2.21 bits per heavy atom. The maximum Gasteiger partial charge on any atom is 0.238 e. The third-order valence-electron chi connectivity index (χ3n) is 2.85. The van der Waals surface area contributed by atoms with Crippen molar-refractivity contribution in [3.05, 3.63) is 33.8 Å². The Labute approximate surface area is 121 Å². The molecule has 0 bridgehead atoms. The van der Waals surface area contributed by atoms with Crippen LogP contribution in [-0.4, -0.2) is 30.9 Å². The van der Waals surface area contributed by atoms with E-state index in [1.54, 1.807) is 41.7 Å². The number of rotatable bonds is 5. The summed E-state index contributed by atoms with van der Waals surface area (Å²) in [4.78, 5) is 15.9. The molecule has 0 aliphatic rings. The monoisotopic (exact) mass is 294 g/mol. The van der Waals surface area contributed by atoms with Crippen molar-refractivity contribution < 1.29 is 4.79 Å². The van der Waals surface area contributed by atoms with Gasteiger partial charge in [-0.15, -0.1) is 22.7 Å². The van der Waals surface area contributed by atoms with E-state index >= 15 is 0 Å². The minimum atomic E-state index is -0.151. The van der Waals surface area contributed by atoms with E-state index in [9.17, 15) is 4.79 Å². The Balaban J connectivity index is 1.92. The fraction of sp³-hybridized carbons (Fsp3) is 0.357. The fourth-order valence-corrected chi connectivity index (χ4v) is 3.40. The summed E-state index contributed by atoms with van der Waals surface area (Å²) in [5, 5.41) is 7.52. The van der Waals surface area contributed by atoms with Crippen molar-refractivity contribution in [1.82, 2.24) is 10.2 Å². The molecule has 5 heteroatoms. The third-order valence-corrected chi connectivity index (χ3v) is 4.71. The first-order valence-corrected chi connectivity index (χ1v) is 7.89. The lowest BCUT2D eigenvalue weighted by atomic mass is 10.2. The van der Waals surface area contributed by atoms with Gasteiger partial charge in [-0.3, -0.25) is 4.79 Å². The van der Waals surface area contributed by atoms with Crippen LogP contribution in [0.2, 0.25) is 0 Å². The zero-order valence-corrected chi connectivity index (χ0v) is 13.0. The van der Waals surface area contributed by atoms with E-state index in [-0.39, 0.29) is 11.9 Å². The van der Waals surface area contributed by atoms with Crippen LogP contribution < -0.4 is 5.32 Å². The molecule has 3 nitrogen and oxygen atoms in total. The van der Waals surface area contributed by atoms with Gasteiger partial charge in [0, 0.05) is 36.0 Å². The molecule has 0 fully saturated rings. The molecule has 1 unspecified atom stereocenters. The van der Waals surface area contributed by atoms with Crippen LogP contribution in [0, 0.1) is 0 Å². The molecule has 2 rings (SSSR count). The molecule has 0 aliphatic carbocycles. The summed E-state index contributed by atoms with van der Waals surface area (Å²) >= 11 is 3.48. The van der Waals surface area contributed by atoms with Gasteiger partial charge >= 0.3 is 0 Å². The van der Waals surface area contributed by atoms with Crippen LogP contribution in [0.4, 0.5) is 0 Å². The van der Waals surface area contributed by atoms with E-state index in [1.807, 2.05) is 6.92 Å². The van der Waals surface area contributed by atoms with Crippen LogP contribution in [0.1, 0.15) is 11.8 Å². The van der Waals surface area contributed by atoms with Crippen molar-refractivity contribution in [1.29, 1.82) is 0 Å². The molecular formula is C14H18N2OS2. The van der Waals surface area contributed by atoms with E-state index < -0.39 is 0 Å². The molecule has 102 valence electrons. The normalized spacial score (nSPS) is 12.4. The topological polar surface area (TPSA) is 32.3 Å². The van der Waals surface area contributed by atoms with Crippen LogP contribution in [0.15, 0.2) is 29.0 Å². The van der Waals surface area contributed by atoms with Gasteiger partial charge in [-0.2, -0.15) is 0 Å². The summed E-state index contributed by atoms with van der Waals surface area (Å²) in [6, 6.07) is 6.23. The molecule has 2 aromatic rings. The summed E-state index contributed by atoms with van der Waals surface area (Å²) in [5.74, 6) is 0.107. The highest BCUT2D eigenvalue weighted by Crippen LogP contribution is 2.29. The quantitative estimate of drug-likeness (QED) is 0.919. The predicted molar refractivity (Wildman–Crippen MR) is 82.6 cm³/mol. The molecule has 0 spiro atoms. The smallest absolute Gasteiger partial charge is 0.238 e. The molecule has 1 amide bonds. The van der Waals surface area contributed by atoms with Crippen LogP contribution in [0.5, 0.6) is 0 Å². The van der Waals surface area contributed by atoms with Crippen LogP contribution in [-0.2, 0) is 11.3 Å². The van der Waals surface area contributed by atoms with Gasteiger partial charge in [0.2, 0.25) is 5.91 Å². The molecule has 1 N–H and O–H groups in total. The maximum absolute atomic E-state index is 11.7. The summed E-state index contributed by atoms with van der Waals surface area (Å²) in [6.45, 7) is 2.63. The second-order valence-electron chi connectivity index (χ2n) is 4.61. The number of thiophene rings is 2. The Bertz CT molecular complexity index is 531. The summed E-state index contributed by atoms with van der Waals surface area (Å²) in [6.07, 6.45) is 0. The van der Waals surface area contributed by atoms with Crippen LogP contribution in [0.25, 0.3) is 10.4 Å². The van der Waals surface area contributed by atoms with E-state index in [2.05, 4.69) is 34.3 Å².